The highest BCUT2D eigenvalue weighted by molar-refractivity contribution is 5.76. The average Bonchev–Trinajstić information content (AvgIpc) is 2.92. The van der Waals surface area contributed by atoms with Crippen molar-refractivity contribution in [3.63, 3.8) is 0 Å². The average molecular weight is 279 g/mol. The summed E-state index contributed by atoms with van der Waals surface area (Å²) in [4.78, 5) is 4.80. The van der Waals surface area contributed by atoms with Crippen molar-refractivity contribution in [3.05, 3.63) is 66.0 Å². The molecule has 3 nitrogen and oxygen atoms in total. The molecule has 3 heteroatoms. The molecule has 1 unspecified atom stereocenters. The number of hydrogen-bond acceptors (Lipinski definition) is 2. The molecule has 0 bridgehead atoms. The predicted octanol–water partition coefficient (Wildman–Crippen LogP) is 3.91. The van der Waals surface area contributed by atoms with Crippen LogP contribution in [0.5, 0.6) is 0 Å². The Morgan fingerprint density at radius 3 is 2.52 bits per heavy atom. The minimum Gasteiger partial charge on any atom is -0.327 e. The van der Waals surface area contributed by atoms with Gasteiger partial charge in [-0.1, -0.05) is 42.5 Å². The summed E-state index contributed by atoms with van der Waals surface area (Å²) in [5.41, 5.74) is 3.58. The topological polar surface area (TPSA) is 29.9 Å². The molecule has 0 radical (unpaired) electrons. The number of hydrogen-bond donors (Lipinski definition) is 1. The van der Waals surface area contributed by atoms with Gasteiger partial charge >= 0.3 is 0 Å². The third kappa shape index (κ3) is 2.83. The molecule has 108 valence electrons. The zero-order valence-electron chi connectivity index (χ0n) is 12.6. The second-order valence-corrected chi connectivity index (χ2v) is 5.29. The third-order valence-electron chi connectivity index (χ3n) is 3.84. The molecule has 1 heterocycles. The number of imidazole rings is 1. The molecule has 3 aromatic rings. The normalized spacial score (nSPS) is 12.7. The Kier molecular flexibility index (Phi) is 4.02. The lowest BCUT2D eigenvalue weighted by Gasteiger charge is -2.15. The van der Waals surface area contributed by atoms with E-state index in [1.807, 2.05) is 12.1 Å². The monoisotopic (exact) mass is 279 g/mol. The van der Waals surface area contributed by atoms with E-state index in [0.717, 1.165) is 24.4 Å². The molecular weight excluding hydrogens is 258 g/mol. The molecule has 2 aromatic carbocycles. The fourth-order valence-corrected chi connectivity index (χ4v) is 2.72. The molecule has 1 aromatic heterocycles. The Hall–Kier alpha value is -2.13. The fraction of sp³-hybridized carbons (Fsp3) is 0.278. The highest BCUT2D eigenvalue weighted by Crippen LogP contribution is 2.20. The van der Waals surface area contributed by atoms with Gasteiger partial charge in [0, 0.05) is 13.1 Å². The molecule has 21 heavy (non-hydrogen) atoms. The van der Waals surface area contributed by atoms with E-state index in [-0.39, 0.29) is 6.04 Å². The van der Waals surface area contributed by atoms with Crippen molar-refractivity contribution >= 4 is 11.0 Å². The number of nitrogens with zero attached hydrogens (tertiary/aromatic N) is 2. The molecule has 0 amide bonds. The number of fused-ring (bicyclic) bond motifs is 1. The summed E-state index contributed by atoms with van der Waals surface area (Å²) in [7, 11) is 0. The molecule has 1 N–H and O–H groups in total. The lowest BCUT2D eigenvalue weighted by atomic mass is 10.2. The number of nitrogens with one attached hydrogen (secondary N) is 1. The molecule has 3 rings (SSSR count). The van der Waals surface area contributed by atoms with Crippen molar-refractivity contribution in [2.45, 2.75) is 33.0 Å². The maximum atomic E-state index is 4.80. The van der Waals surface area contributed by atoms with E-state index in [1.165, 1.54) is 11.1 Å². The molecule has 0 aliphatic heterocycles. The van der Waals surface area contributed by atoms with Crippen LogP contribution in [0.25, 0.3) is 11.0 Å². The summed E-state index contributed by atoms with van der Waals surface area (Å²) in [6.45, 7) is 6.14. The summed E-state index contributed by atoms with van der Waals surface area (Å²) in [5.74, 6) is 1.11. The Bertz CT molecular complexity index is 716. The van der Waals surface area contributed by atoms with Crippen LogP contribution in [0, 0.1) is 0 Å². The highest BCUT2D eigenvalue weighted by Gasteiger charge is 2.14. The molecule has 0 spiro atoms. The van der Waals surface area contributed by atoms with Gasteiger partial charge in [-0.05, 0) is 31.5 Å². The number of para-hydroxylation sites is 2. The van der Waals surface area contributed by atoms with Gasteiger partial charge in [-0.3, -0.25) is 0 Å². The predicted molar refractivity (Wildman–Crippen MR) is 87.1 cm³/mol. The largest absolute Gasteiger partial charge is 0.327 e. The Labute approximate surface area is 125 Å². The molecule has 1 atom stereocenters. The summed E-state index contributed by atoms with van der Waals surface area (Å²) in [6, 6.07) is 19.0. The Balaban J connectivity index is 1.82. The number of rotatable bonds is 5. The summed E-state index contributed by atoms with van der Waals surface area (Å²) in [6.07, 6.45) is 0. The van der Waals surface area contributed by atoms with Crippen molar-refractivity contribution < 1.29 is 0 Å². The molecule has 0 aliphatic carbocycles. The van der Waals surface area contributed by atoms with Crippen LogP contribution in [0.3, 0.4) is 0 Å². The van der Waals surface area contributed by atoms with Crippen LogP contribution < -0.4 is 5.32 Å². The molecular formula is C18H21N3. The first kappa shape index (κ1) is 13.8. The van der Waals surface area contributed by atoms with E-state index in [2.05, 4.69) is 66.2 Å². The van der Waals surface area contributed by atoms with Gasteiger partial charge in [0.15, 0.2) is 0 Å². The first-order valence-corrected chi connectivity index (χ1v) is 7.52. The van der Waals surface area contributed by atoms with Crippen molar-refractivity contribution in [1.82, 2.24) is 14.9 Å². The first-order valence-electron chi connectivity index (χ1n) is 7.52. The van der Waals surface area contributed by atoms with Gasteiger partial charge in [-0.2, -0.15) is 0 Å². The van der Waals surface area contributed by atoms with Gasteiger partial charge in [-0.25, -0.2) is 4.98 Å². The zero-order chi connectivity index (χ0) is 14.7. The van der Waals surface area contributed by atoms with Crippen molar-refractivity contribution in [2.24, 2.45) is 0 Å². The standard InChI is InChI=1S/C18H21N3/c1-3-21-17-12-8-7-11-16(17)20-18(21)14(2)19-13-15-9-5-4-6-10-15/h4-12,14,19H,3,13H2,1-2H3. The minimum absolute atomic E-state index is 0.220. The second kappa shape index (κ2) is 6.10. The van der Waals surface area contributed by atoms with Gasteiger partial charge < -0.3 is 9.88 Å². The van der Waals surface area contributed by atoms with Crippen LogP contribution in [0.2, 0.25) is 0 Å². The van der Waals surface area contributed by atoms with Gasteiger partial charge in [0.05, 0.1) is 17.1 Å². The number of benzene rings is 2. The van der Waals surface area contributed by atoms with E-state index in [0.29, 0.717) is 0 Å². The molecule has 0 fully saturated rings. The SMILES string of the molecule is CCn1c(C(C)NCc2ccccc2)nc2ccccc21. The number of aromatic nitrogens is 2. The van der Waals surface area contributed by atoms with E-state index < -0.39 is 0 Å². The maximum absolute atomic E-state index is 4.80. The van der Waals surface area contributed by atoms with Crippen LogP contribution in [0.4, 0.5) is 0 Å². The van der Waals surface area contributed by atoms with E-state index in [9.17, 15) is 0 Å². The highest BCUT2D eigenvalue weighted by atomic mass is 15.1. The van der Waals surface area contributed by atoms with Gasteiger partial charge in [-0.15, -0.1) is 0 Å². The number of aryl methyl sites for hydroxylation is 1. The van der Waals surface area contributed by atoms with E-state index >= 15 is 0 Å². The van der Waals surface area contributed by atoms with Crippen LogP contribution >= 0.6 is 0 Å². The van der Waals surface area contributed by atoms with Crippen LogP contribution in [0.1, 0.15) is 31.3 Å². The Morgan fingerprint density at radius 2 is 1.76 bits per heavy atom. The van der Waals surface area contributed by atoms with Crippen LogP contribution in [-0.2, 0) is 13.1 Å². The van der Waals surface area contributed by atoms with E-state index in [4.69, 9.17) is 4.98 Å². The summed E-state index contributed by atoms with van der Waals surface area (Å²) >= 11 is 0. The summed E-state index contributed by atoms with van der Waals surface area (Å²) < 4.78 is 2.29. The lowest BCUT2D eigenvalue weighted by Crippen LogP contribution is -2.21. The maximum Gasteiger partial charge on any atom is 0.126 e. The smallest absolute Gasteiger partial charge is 0.126 e. The van der Waals surface area contributed by atoms with Gasteiger partial charge in [0.1, 0.15) is 5.82 Å². The fourth-order valence-electron chi connectivity index (χ4n) is 2.72. The second-order valence-electron chi connectivity index (χ2n) is 5.29. The third-order valence-corrected chi connectivity index (χ3v) is 3.84. The molecule has 0 aliphatic rings. The van der Waals surface area contributed by atoms with Crippen LogP contribution in [0.15, 0.2) is 54.6 Å². The minimum atomic E-state index is 0.220. The molecule has 0 saturated heterocycles. The lowest BCUT2D eigenvalue weighted by molar-refractivity contribution is 0.521. The quantitative estimate of drug-likeness (QED) is 0.767. The van der Waals surface area contributed by atoms with E-state index in [1.54, 1.807) is 0 Å². The first-order chi connectivity index (χ1) is 10.3. The van der Waals surface area contributed by atoms with Crippen molar-refractivity contribution in [1.29, 1.82) is 0 Å². The van der Waals surface area contributed by atoms with Gasteiger partial charge in [0.2, 0.25) is 0 Å². The van der Waals surface area contributed by atoms with Crippen molar-refractivity contribution in [2.75, 3.05) is 0 Å². The molecule has 0 saturated carbocycles. The summed E-state index contributed by atoms with van der Waals surface area (Å²) in [5, 5.41) is 3.57. The zero-order valence-corrected chi connectivity index (χ0v) is 12.6. The Morgan fingerprint density at radius 1 is 1.05 bits per heavy atom. The van der Waals surface area contributed by atoms with Crippen molar-refractivity contribution in [3.8, 4) is 0 Å². The van der Waals surface area contributed by atoms with Crippen LogP contribution in [-0.4, -0.2) is 9.55 Å². The van der Waals surface area contributed by atoms with Gasteiger partial charge in [0.25, 0.3) is 0 Å².